The van der Waals surface area contributed by atoms with Gasteiger partial charge in [0.1, 0.15) is 11.6 Å². The van der Waals surface area contributed by atoms with Crippen LogP contribution in [0, 0.1) is 5.92 Å². The Labute approximate surface area is 281 Å². The molecule has 14 heteroatoms. The summed E-state index contributed by atoms with van der Waals surface area (Å²) in [5.74, 6) is -2.29. The molecule has 1 aromatic carbocycles. The van der Waals surface area contributed by atoms with Crippen LogP contribution in [0.25, 0.3) is 22.2 Å². The summed E-state index contributed by atoms with van der Waals surface area (Å²) < 4.78 is 34.6. The first-order chi connectivity index (χ1) is 23.0. The summed E-state index contributed by atoms with van der Waals surface area (Å²) in [4.78, 5) is 41.1. The third kappa shape index (κ3) is 6.33. The van der Waals surface area contributed by atoms with Gasteiger partial charge in [-0.3, -0.25) is 14.5 Å². The summed E-state index contributed by atoms with van der Waals surface area (Å²) in [6.45, 7) is 4.08. The number of benzene rings is 1. The second kappa shape index (κ2) is 12.7. The number of aromatic nitrogens is 5. The molecule has 2 aliphatic carbocycles. The van der Waals surface area contributed by atoms with E-state index in [9.17, 15) is 18.4 Å². The van der Waals surface area contributed by atoms with Gasteiger partial charge in [-0.05, 0) is 55.7 Å². The van der Waals surface area contributed by atoms with Crippen LogP contribution in [0.5, 0.6) is 5.75 Å². The van der Waals surface area contributed by atoms with Crippen LogP contribution in [0.3, 0.4) is 0 Å². The average molecular weight is 679 g/mol. The number of nitrogens with two attached hydrogens (primary N) is 1. The van der Waals surface area contributed by atoms with Gasteiger partial charge in [0.25, 0.3) is 17.7 Å². The van der Waals surface area contributed by atoms with E-state index in [1.807, 2.05) is 16.8 Å². The molecule has 7 rings (SSSR count). The van der Waals surface area contributed by atoms with E-state index in [1.165, 1.54) is 12.4 Å². The topological polar surface area (TPSA) is 141 Å². The lowest BCUT2D eigenvalue weighted by Crippen LogP contribution is -2.52. The number of carbonyl (C=O) groups excluding carboxylic acids is 2. The van der Waals surface area contributed by atoms with Gasteiger partial charge in [-0.15, -0.1) is 0 Å². The lowest BCUT2D eigenvalue weighted by atomic mass is 9.85. The van der Waals surface area contributed by atoms with Crippen molar-refractivity contribution < 1.29 is 23.1 Å². The molecule has 3 aliphatic rings. The fraction of sp³-hybridized carbons (Fsp3) is 0.471. The number of primary amides is 1. The number of pyridine rings is 1. The number of amides is 2. The van der Waals surface area contributed by atoms with Gasteiger partial charge in [0, 0.05) is 48.3 Å². The highest BCUT2D eigenvalue weighted by atomic mass is 35.5. The summed E-state index contributed by atoms with van der Waals surface area (Å²) in [6.07, 6.45) is 8.36. The molecule has 0 radical (unpaired) electrons. The van der Waals surface area contributed by atoms with Crippen LogP contribution in [-0.2, 0) is 17.8 Å². The van der Waals surface area contributed by atoms with Crippen molar-refractivity contribution in [3.63, 3.8) is 0 Å². The quantitative estimate of drug-likeness (QED) is 0.232. The zero-order valence-corrected chi connectivity index (χ0v) is 27.5. The number of anilines is 1. The molecule has 0 atom stereocenters. The van der Waals surface area contributed by atoms with Crippen molar-refractivity contribution in [2.45, 2.75) is 89.4 Å². The first-order valence-electron chi connectivity index (χ1n) is 16.3. The van der Waals surface area contributed by atoms with Crippen LogP contribution in [0.15, 0.2) is 36.8 Å². The number of halogens is 3. The first kappa shape index (κ1) is 32.3. The maximum absolute atomic E-state index is 13.4. The smallest absolute Gasteiger partial charge is 0.265 e. The number of nitrogens with one attached hydrogen (secondary N) is 1. The predicted octanol–water partition coefficient (Wildman–Crippen LogP) is 5.64. The minimum Gasteiger partial charge on any atom is -0.482 e. The SMILES string of the molecule is CC(C)Cc1nc2c(cnn2C2CCC(NC3CC(F)(F)C3)CC2)c(-c2ccc3c(c2)OCC(=O)N3Cc2ncc(Cl)cn2)c1C(N)=O. The van der Waals surface area contributed by atoms with Gasteiger partial charge in [0.2, 0.25) is 0 Å². The minimum atomic E-state index is -2.54. The molecule has 1 aliphatic heterocycles. The van der Waals surface area contributed by atoms with Crippen LogP contribution >= 0.6 is 11.6 Å². The average Bonchev–Trinajstić information content (AvgIpc) is 3.45. The maximum Gasteiger partial charge on any atom is 0.265 e. The molecule has 0 saturated heterocycles. The van der Waals surface area contributed by atoms with E-state index in [2.05, 4.69) is 29.1 Å². The monoisotopic (exact) mass is 678 g/mol. The maximum atomic E-state index is 13.4. The number of fused-ring (bicyclic) bond motifs is 2. The lowest BCUT2D eigenvalue weighted by Gasteiger charge is -2.40. The minimum absolute atomic E-state index is 0.0663. The number of hydrogen-bond donors (Lipinski definition) is 2. The third-order valence-corrected chi connectivity index (χ3v) is 9.63. The predicted molar refractivity (Wildman–Crippen MR) is 176 cm³/mol. The van der Waals surface area contributed by atoms with E-state index >= 15 is 0 Å². The Balaban J connectivity index is 1.24. The number of carbonyl (C=O) groups is 2. The van der Waals surface area contributed by atoms with E-state index in [1.54, 1.807) is 17.2 Å². The summed E-state index contributed by atoms with van der Waals surface area (Å²) in [5.41, 5.74) is 9.50. The van der Waals surface area contributed by atoms with E-state index in [4.69, 9.17) is 32.2 Å². The summed E-state index contributed by atoms with van der Waals surface area (Å²) in [7, 11) is 0. The van der Waals surface area contributed by atoms with Gasteiger partial charge >= 0.3 is 0 Å². The lowest BCUT2D eigenvalue weighted by molar-refractivity contribution is -0.121. The Morgan fingerprint density at radius 1 is 1.12 bits per heavy atom. The molecule has 3 N–H and O–H groups in total. The van der Waals surface area contributed by atoms with Crippen LogP contribution in [-0.4, -0.2) is 61.2 Å². The number of nitrogens with zero attached hydrogens (tertiary/aromatic N) is 6. The van der Waals surface area contributed by atoms with E-state index in [-0.39, 0.29) is 55.9 Å². The highest BCUT2D eigenvalue weighted by Crippen LogP contribution is 2.42. The van der Waals surface area contributed by atoms with Crippen molar-refractivity contribution in [1.82, 2.24) is 30.0 Å². The summed E-state index contributed by atoms with van der Waals surface area (Å²) >= 11 is 5.95. The molecular weight excluding hydrogens is 642 g/mol. The van der Waals surface area contributed by atoms with Crippen molar-refractivity contribution in [1.29, 1.82) is 0 Å². The Bertz CT molecular complexity index is 1870. The summed E-state index contributed by atoms with van der Waals surface area (Å²) in [5, 5.41) is 9.30. The zero-order valence-electron chi connectivity index (χ0n) is 26.8. The van der Waals surface area contributed by atoms with E-state index < -0.39 is 11.8 Å². The van der Waals surface area contributed by atoms with Crippen LogP contribution < -0.4 is 20.7 Å². The normalized spacial score (nSPS) is 20.9. The van der Waals surface area contributed by atoms with Gasteiger partial charge < -0.3 is 15.8 Å². The number of hydrogen-bond acceptors (Lipinski definition) is 8. The third-order valence-electron chi connectivity index (χ3n) is 9.43. The first-order valence-corrected chi connectivity index (χ1v) is 16.7. The van der Waals surface area contributed by atoms with Crippen LogP contribution in [0.4, 0.5) is 14.5 Å². The fourth-order valence-corrected chi connectivity index (χ4v) is 7.27. The highest BCUT2D eigenvalue weighted by molar-refractivity contribution is 6.30. The van der Waals surface area contributed by atoms with Crippen molar-refractivity contribution in [3.8, 4) is 16.9 Å². The Hall–Kier alpha value is -4.23. The van der Waals surface area contributed by atoms with Crippen molar-refractivity contribution in [2.24, 2.45) is 11.7 Å². The molecule has 0 unspecified atom stereocenters. The Morgan fingerprint density at radius 2 is 1.85 bits per heavy atom. The molecule has 11 nitrogen and oxygen atoms in total. The molecule has 4 heterocycles. The molecule has 0 spiro atoms. The highest BCUT2D eigenvalue weighted by Gasteiger charge is 2.46. The van der Waals surface area contributed by atoms with Gasteiger partial charge in [0.15, 0.2) is 12.3 Å². The molecule has 2 saturated carbocycles. The number of alkyl halides is 2. The van der Waals surface area contributed by atoms with Gasteiger partial charge in [-0.25, -0.2) is 28.4 Å². The van der Waals surface area contributed by atoms with Gasteiger partial charge in [0.05, 0.1) is 40.8 Å². The fourth-order valence-electron chi connectivity index (χ4n) is 7.17. The van der Waals surface area contributed by atoms with Gasteiger partial charge in [-0.1, -0.05) is 31.5 Å². The molecule has 2 amide bonds. The van der Waals surface area contributed by atoms with Crippen molar-refractivity contribution in [3.05, 3.63) is 58.9 Å². The Morgan fingerprint density at radius 3 is 2.52 bits per heavy atom. The zero-order chi connectivity index (χ0) is 33.7. The number of rotatable bonds is 9. The Kier molecular flexibility index (Phi) is 8.53. The van der Waals surface area contributed by atoms with E-state index in [0.29, 0.717) is 62.1 Å². The molecule has 0 bridgehead atoms. The molecule has 48 heavy (non-hydrogen) atoms. The second-order valence-corrected chi connectivity index (χ2v) is 13.9. The molecule has 4 aromatic rings. The second-order valence-electron chi connectivity index (χ2n) is 13.5. The molecule has 252 valence electrons. The van der Waals surface area contributed by atoms with E-state index in [0.717, 1.165) is 25.7 Å². The standard InChI is InChI=1S/C34H37ClF2N8O3/c1-18(2)9-25-31(32(38)47)30(19-3-8-26-27(10-19)48-17-29(46)44(26)16-28-39-13-20(35)14-40-28)24-15-41-45(33(24)43-25)23-6-4-21(5-7-23)42-22-11-34(36,37)12-22/h3,8,10,13-15,18,21-23,42H,4-7,9,11-12,16-17H2,1-2H3,(H2,38,47). The van der Waals surface area contributed by atoms with Crippen LogP contribution in [0.1, 0.15) is 80.3 Å². The molecule has 2 fully saturated rings. The summed E-state index contributed by atoms with van der Waals surface area (Å²) in [6, 6.07) is 5.58. The molecule has 3 aromatic heterocycles. The van der Waals surface area contributed by atoms with Gasteiger partial charge in [-0.2, -0.15) is 5.10 Å². The van der Waals surface area contributed by atoms with Crippen LogP contribution in [0.2, 0.25) is 5.02 Å². The number of ether oxygens (including phenoxy) is 1. The largest absolute Gasteiger partial charge is 0.482 e. The van der Waals surface area contributed by atoms with Crippen molar-refractivity contribution >= 4 is 40.1 Å². The molecular formula is C34H37ClF2N8O3. The van der Waals surface area contributed by atoms with Crippen molar-refractivity contribution in [2.75, 3.05) is 11.5 Å².